The molecular weight excluding hydrogens is 260 g/mol. The summed E-state index contributed by atoms with van der Waals surface area (Å²) in [6.45, 7) is 1.93. The zero-order chi connectivity index (χ0) is 14.5. The third kappa shape index (κ3) is 3.63. The number of hydrogen-bond acceptors (Lipinski definition) is 1. The minimum Gasteiger partial charge on any atom is -0.324 e. The highest BCUT2D eigenvalue weighted by Crippen LogP contribution is 2.20. The van der Waals surface area contributed by atoms with Crippen LogP contribution in [0, 0.1) is 11.6 Å². The number of benzene rings is 2. The lowest BCUT2D eigenvalue weighted by Gasteiger charge is -2.12. The van der Waals surface area contributed by atoms with E-state index in [-0.39, 0.29) is 23.9 Å². The molecule has 2 rings (SSSR count). The molecule has 104 valence electrons. The standard InChI is InChI=1S/C16H15F2NO/c1-11(12-5-3-2-4-6-12)9-16(20)19-15-8-7-13(17)10-14(15)18/h2-8,10-11H,9H2,1H3,(H,19,20). The van der Waals surface area contributed by atoms with Crippen LogP contribution in [0.15, 0.2) is 48.5 Å². The largest absolute Gasteiger partial charge is 0.324 e. The topological polar surface area (TPSA) is 29.1 Å². The normalized spacial score (nSPS) is 11.9. The smallest absolute Gasteiger partial charge is 0.225 e. The first-order valence-corrected chi connectivity index (χ1v) is 6.36. The number of hydrogen-bond donors (Lipinski definition) is 1. The number of carbonyl (C=O) groups is 1. The summed E-state index contributed by atoms with van der Waals surface area (Å²) in [5, 5.41) is 2.46. The van der Waals surface area contributed by atoms with Crippen LogP contribution in [-0.2, 0) is 4.79 Å². The molecule has 1 amide bonds. The zero-order valence-corrected chi connectivity index (χ0v) is 11.1. The van der Waals surface area contributed by atoms with Crippen molar-refractivity contribution in [2.24, 2.45) is 0 Å². The molecule has 2 aromatic rings. The molecule has 1 N–H and O–H groups in total. The van der Waals surface area contributed by atoms with Crippen molar-refractivity contribution in [1.29, 1.82) is 0 Å². The van der Waals surface area contributed by atoms with Crippen molar-refractivity contribution in [3.05, 3.63) is 65.7 Å². The Kier molecular flexibility index (Phi) is 4.45. The predicted molar refractivity (Wildman–Crippen MR) is 74.5 cm³/mol. The van der Waals surface area contributed by atoms with Gasteiger partial charge in [0.15, 0.2) is 0 Å². The Morgan fingerprint density at radius 1 is 1.15 bits per heavy atom. The van der Waals surface area contributed by atoms with Gasteiger partial charge in [0.05, 0.1) is 5.69 Å². The fourth-order valence-electron chi connectivity index (χ4n) is 1.97. The molecule has 20 heavy (non-hydrogen) atoms. The summed E-state index contributed by atoms with van der Waals surface area (Å²) in [6, 6.07) is 12.7. The first kappa shape index (κ1) is 14.2. The molecule has 0 aromatic heterocycles. The molecule has 0 fully saturated rings. The summed E-state index contributed by atoms with van der Waals surface area (Å²) in [7, 11) is 0. The summed E-state index contributed by atoms with van der Waals surface area (Å²) >= 11 is 0. The van der Waals surface area contributed by atoms with Gasteiger partial charge < -0.3 is 5.32 Å². The van der Waals surface area contributed by atoms with Crippen LogP contribution in [0.5, 0.6) is 0 Å². The zero-order valence-electron chi connectivity index (χ0n) is 11.1. The van der Waals surface area contributed by atoms with Gasteiger partial charge in [-0.3, -0.25) is 4.79 Å². The third-order valence-corrected chi connectivity index (χ3v) is 3.07. The number of halogens is 2. The van der Waals surface area contributed by atoms with E-state index in [1.54, 1.807) is 0 Å². The number of anilines is 1. The molecule has 0 saturated carbocycles. The molecule has 0 bridgehead atoms. The summed E-state index contributed by atoms with van der Waals surface area (Å²) in [5.74, 6) is -1.71. The van der Waals surface area contributed by atoms with Crippen molar-refractivity contribution >= 4 is 11.6 Å². The highest BCUT2D eigenvalue weighted by molar-refractivity contribution is 5.91. The van der Waals surface area contributed by atoms with E-state index in [1.165, 1.54) is 6.07 Å². The van der Waals surface area contributed by atoms with Crippen molar-refractivity contribution in [2.75, 3.05) is 5.32 Å². The molecule has 0 aliphatic rings. The maximum absolute atomic E-state index is 13.4. The number of rotatable bonds is 4. The number of nitrogens with one attached hydrogen (secondary N) is 1. The maximum Gasteiger partial charge on any atom is 0.225 e. The average molecular weight is 275 g/mol. The molecule has 0 heterocycles. The second-order valence-electron chi connectivity index (χ2n) is 4.69. The van der Waals surface area contributed by atoms with E-state index in [1.807, 2.05) is 37.3 Å². The molecular formula is C16H15F2NO. The van der Waals surface area contributed by atoms with Gasteiger partial charge >= 0.3 is 0 Å². The monoisotopic (exact) mass is 275 g/mol. The Morgan fingerprint density at radius 2 is 1.85 bits per heavy atom. The van der Waals surface area contributed by atoms with Crippen LogP contribution in [0.4, 0.5) is 14.5 Å². The lowest BCUT2D eigenvalue weighted by Crippen LogP contribution is -2.15. The van der Waals surface area contributed by atoms with E-state index in [0.29, 0.717) is 0 Å². The lowest BCUT2D eigenvalue weighted by molar-refractivity contribution is -0.116. The summed E-state index contributed by atoms with van der Waals surface area (Å²) in [5.41, 5.74) is 1.04. The molecule has 0 aliphatic heterocycles. The fraction of sp³-hybridized carbons (Fsp3) is 0.188. The summed E-state index contributed by atoms with van der Waals surface area (Å²) in [6.07, 6.45) is 0.237. The quantitative estimate of drug-likeness (QED) is 0.894. The minimum absolute atomic E-state index is 0.00309. The van der Waals surface area contributed by atoms with Crippen molar-refractivity contribution in [1.82, 2.24) is 0 Å². The second kappa shape index (κ2) is 6.28. The highest BCUT2D eigenvalue weighted by Gasteiger charge is 2.13. The predicted octanol–water partition coefficient (Wildman–Crippen LogP) is 4.10. The Morgan fingerprint density at radius 3 is 2.50 bits per heavy atom. The van der Waals surface area contributed by atoms with Crippen LogP contribution in [0.2, 0.25) is 0 Å². The molecule has 1 unspecified atom stereocenters. The first-order valence-electron chi connectivity index (χ1n) is 6.36. The van der Waals surface area contributed by atoms with Gasteiger partial charge in [0.2, 0.25) is 5.91 Å². The van der Waals surface area contributed by atoms with Crippen molar-refractivity contribution < 1.29 is 13.6 Å². The van der Waals surface area contributed by atoms with Crippen LogP contribution in [0.25, 0.3) is 0 Å². The van der Waals surface area contributed by atoms with Gasteiger partial charge in [0, 0.05) is 12.5 Å². The van der Waals surface area contributed by atoms with Gasteiger partial charge in [0.25, 0.3) is 0 Å². The van der Waals surface area contributed by atoms with Crippen LogP contribution in [0.3, 0.4) is 0 Å². The number of carbonyl (C=O) groups excluding carboxylic acids is 1. The van der Waals surface area contributed by atoms with Gasteiger partial charge in [-0.15, -0.1) is 0 Å². The molecule has 2 nitrogen and oxygen atoms in total. The Hall–Kier alpha value is -2.23. The van der Waals surface area contributed by atoms with E-state index in [2.05, 4.69) is 5.32 Å². The SMILES string of the molecule is CC(CC(=O)Nc1ccc(F)cc1F)c1ccccc1. The second-order valence-corrected chi connectivity index (χ2v) is 4.69. The molecule has 0 saturated heterocycles. The Labute approximate surface area is 116 Å². The molecule has 4 heteroatoms. The van der Waals surface area contributed by atoms with Crippen LogP contribution < -0.4 is 5.32 Å². The Balaban J connectivity index is 1.99. The van der Waals surface area contributed by atoms with Gasteiger partial charge in [0.1, 0.15) is 11.6 Å². The molecule has 1 atom stereocenters. The van der Waals surface area contributed by atoms with Crippen LogP contribution in [-0.4, -0.2) is 5.91 Å². The van der Waals surface area contributed by atoms with Crippen molar-refractivity contribution in [2.45, 2.75) is 19.3 Å². The number of amides is 1. The van der Waals surface area contributed by atoms with Gasteiger partial charge in [-0.25, -0.2) is 8.78 Å². The van der Waals surface area contributed by atoms with E-state index in [0.717, 1.165) is 17.7 Å². The van der Waals surface area contributed by atoms with Gasteiger partial charge in [-0.05, 0) is 23.6 Å². The van der Waals surface area contributed by atoms with Crippen LogP contribution >= 0.6 is 0 Å². The third-order valence-electron chi connectivity index (χ3n) is 3.07. The summed E-state index contributed by atoms with van der Waals surface area (Å²) < 4.78 is 26.2. The lowest BCUT2D eigenvalue weighted by atomic mass is 9.97. The van der Waals surface area contributed by atoms with E-state index < -0.39 is 11.6 Å². The Bertz CT molecular complexity index is 599. The molecule has 0 radical (unpaired) electrons. The molecule has 0 aliphatic carbocycles. The molecule has 2 aromatic carbocycles. The van der Waals surface area contributed by atoms with Crippen LogP contribution in [0.1, 0.15) is 24.8 Å². The highest BCUT2D eigenvalue weighted by atomic mass is 19.1. The first-order chi connectivity index (χ1) is 9.56. The van der Waals surface area contributed by atoms with E-state index in [4.69, 9.17) is 0 Å². The summed E-state index contributed by atoms with van der Waals surface area (Å²) in [4.78, 5) is 11.9. The molecule has 0 spiro atoms. The van der Waals surface area contributed by atoms with Crippen molar-refractivity contribution in [3.8, 4) is 0 Å². The van der Waals surface area contributed by atoms with E-state index in [9.17, 15) is 13.6 Å². The average Bonchev–Trinajstić information content (AvgIpc) is 2.43. The van der Waals surface area contributed by atoms with E-state index >= 15 is 0 Å². The van der Waals surface area contributed by atoms with Gasteiger partial charge in [-0.2, -0.15) is 0 Å². The fourth-order valence-corrected chi connectivity index (χ4v) is 1.97. The minimum atomic E-state index is -0.772. The maximum atomic E-state index is 13.4. The van der Waals surface area contributed by atoms with Crippen molar-refractivity contribution in [3.63, 3.8) is 0 Å². The van der Waals surface area contributed by atoms with Gasteiger partial charge in [-0.1, -0.05) is 37.3 Å².